The number of pyridine rings is 1. The Hall–Kier alpha value is -2.50. The number of carbonyl (C=O) groups excluding carboxylic acids is 1. The summed E-state index contributed by atoms with van der Waals surface area (Å²) >= 11 is 0. The highest BCUT2D eigenvalue weighted by Gasteiger charge is 2.32. The van der Waals surface area contributed by atoms with Crippen molar-refractivity contribution in [2.45, 2.75) is 32.1 Å². The van der Waals surface area contributed by atoms with Crippen LogP contribution >= 0.6 is 0 Å². The van der Waals surface area contributed by atoms with Gasteiger partial charge in [0.15, 0.2) is 0 Å². The largest absolute Gasteiger partial charge is 0.379 e. The molecule has 0 bridgehead atoms. The second-order valence-electron chi connectivity index (χ2n) is 7.49. The van der Waals surface area contributed by atoms with Crippen LogP contribution in [0.2, 0.25) is 0 Å². The van der Waals surface area contributed by atoms with E-state index >= 15 is 0 Å². The molecule has 28 heavy (non-hydrogen) atoms. The van der Waals surface area contributed by atoms with Gasteiger partial charge < -0.3 is 14.2 Å². The van der Waals surface area contributed by atoms with Crippen LogP contribution in [0.25, 0.3) is 11.1 Å². The average molecular weight is 383 g/mol. The summed E-state index contributed by atoms with van der Waals surface area (Å²) in [6, 6.07) is 3.98. The van der Waals surface area contributed by atoms with Crippen LogP contribution in [0.3, 0.4) is 0 Å². The predicted octanol–water partition coefficient (Wildman–Crippen LogP) is 2.10. The molecule has 8 nitrogen and oxygen atoms in total. The van der Waals surface area contributed by atoms with Crippen molar-refractivity contribution in [1.82, 2.24) is 19.9 Å². The Labute approximate surface area is 164 Å². The maximum Gasteiger partial charge on any atom is 0.259 e. The van der Waals surface area contributed by atoms with Crippen molar-refractivity contribution in [3.05, 3.63) is 23.0 Å². The predicted molar refractivity (Wildman–Crippen MR) is 102 cm³/mol. The summed E-state index contributed by atoms with van der Waals surface area (Å²) in [5.41, 5.74) is 2.59. The highest BCUT2D eigenvalue weighted by molar-refractivity contribution is 6.06. The Morgan fingerprint density at radius 1 is 1.36 bits per heavy atom. The highest BCUT2D eigenvalue weighted by Crippen LogP contribution is 2.43. The second-order valence-corrected chi connectivity index (χ2v) is 7.49. The molecule has 0 unspecified atom stereocenters. The summed E-state index contributed by atoms with van der Waals surface area (Å²) in [4.78, 5) is 21.9. The number of aromatic nitrogens is 2. The summed E-state index contributed by atoms with van der Waals surface area (Å²) in [6.45, 7) is 6.80. The lowest BCUT2D eigenvalue weighted by atomic mass is 10.1. The highest BCUT2D eigenvalue weighted by atomic mass is 16.5. The number of fused-ring (bicyclic) bond motifs is 1. The molecule has 1 saturated heterocycles. The van der Waals surface area contributed by atoms with Gasteiger partial charge in [0.2, 0.25) is 0 Å². The average Bonchev–Trinajstić information content (AvgIpc) is 3.47. The van der Waals surface area contributed by atoms with Crippen LogP contribution in [0.1, 0.15) is 46.9 Å². The lowest BCUT2D eigenvalue weighted by Gasteiger charge is -2.30. The standard InChI is InChI=1S/C20H25N5O3/c1-14-13-16(17-18(15-3-4-15)23-28-19(17)22-14)20(26)25(6-2-5-21)8-7-24-9-11-27-12-10-24/h13,15H,2-4,6-12H2,1H3. The quantitative estimate of drug-likeness (QED) is 0.722. The number of nitrogens with zero attached hydrogens (tertiary/aromatic N) is 5. The molecule has 4 rings (SSSR count). The van der Waals surface area contributed by atoms with Gasteiger partial charge in [0, 0.05) is 44.3 Å². The zero-order chi connectivity index (χ0) is 19.5. The van der Waals surface area contributed by atoms with Crippen LogP contribution in [-0.4, -0.2) is 71.8 Å². The number of morpholine rings is 1. The summed E-state index contributed by atoms with van der Waals surface area (Å²) in [6.07, 6.45) is 2.44. The van der Waals surface area contributed by atoms with Crippen LogP contribution in [0.15, 0.2) is 10.6 Å². The SMILES string of the molecule is Cc1cc(C(=O)N(CCC#N)CCN2CCOCC2)c2c(C3CC3)noc2n1. The second kappa shape index (κ2) is 8.25. The molecule has 0 spiro atoms. The lowest BCUT2D eigenvalue weighted by Crippen LogP contribution is -2.43. The number of hydrogen-bond acceptors (Lipinski definition) is 7. The number of aryl methyl sites for hydroxylation is 1. The van der Waals surface area contributed by atoms with Crippen LogP contribution in [0.5, 0.6) is 0 Å². The van der Waals surface area contributed by atoms with Gasteiger partial charge >= 0.3 is 0 Å². The number of rotatable bonds is 7. The van der Waals surface area contributed by atoms with Crippen molar-refractivity contribution in [3.63, 3.8) is 0 Å². The Morgan fingerprint density at radius 2 is 2.14 bits per heavy atom. The first-order valence-electron chi connectivity index (χ1n) is 9.90. The zero-order valence-corrected chi connectivity index (χ0v) is 16.2. The van der Waals surface area contributed by atoms with Gasteiger partial charge in [-0.1, -0.05) is 5.16 Å². The third kappa shape index (κ3) is 4.01. The fourth-order valence-electron chi connectivity index (χ4n) is 3.66. The third-order valence-electron chi connectivity index (χ3n) is 5.37. The third-order valence-corrected chi connectivity index (χ3v) is 5.37. The van der Waals surface area contributed by atoms with Crippen molar-refractivity contribution < 1.29 is 14.1 Å². The summed E-state index contributed by atoms with van der Waals surface area (Å²) in [7, 11) is 0. The molecule has 1 saturated carbocycles. The van der Waals surface area contributed by atoms with Crippen LogP contribution < -0.4 is 0 Å². The normalized spacial score (nSPS) is 17.6. The lowest BCUT2D eigenvalue weighted by molar-refractivity contribution is 0.0326. The summed E-state index contributed by atoms with van der Waals surface area (Å²) in [5, 5.41) is 14.0. The molecule has 1 aliphatic carbocycles. The molecule has 2 aliphatic rings. The molecule has 0 N–H and O–H groups in total. The minimum Gasteiger partial charge on any atom is -0.379 e. The van der Waals surface area contributed by atoms with Crippen molar-refractivity contribution in [2.75, 3.05) is 45.9 Å². The Bertz CT molecular complexity index is 893. The van der Waals surface area contributed by atoms with Gasteiger partial charge in [-0.3, -0.25) is 9.69 Å². The van der Waals surface area contributed by atoms with Gasteiger partial charge in [-0.25, -0.2) is 4.98 Å². The van der Waals surface area contributed by atoms with E-state index in [9.17, 15) is 4.79 Å². The number of hydrogen-bond donors (Lipinski definition) is 0. The molecule has 148 valence electrons. The van der Waals surface area contributed by atoms with Crippen molar-refractivity contribution in [2.24, 2.45) is 0 Å². The molecule has 0 atom stereocenters. The van der Waals surface area contributed by atoms with E-state index in [1.807, 2.05) is 13.0 Å². The van der Waals surface area contributed by atoms with Crippen LogP contribution in [0.4, 0.5) is 0 Å². The smallest absolute Gasteiger partial charge is 0.259 e. The molecular weight excluding hydrogens is 358 g/mol. The Balaban J connectivity index is 1.60. The molecule has 1 aliphatic heterocycles. The van der Waals surface area contributed by atoms with Crippen LogP contribution in [0, 0.1) is 18.3 Å². The van der Waals surface area contributed by atoms with Gasteiger partial charge in [-0.15, -0.1) is 0 Å². The Morgan fingerprint density at radius 3 is 2.86 bits per heavy atom. The number of nitriles is 1. The van der Waals surface area contributed by atoms with Crippen molar-refractivity contribution in [1.29, 1.82) is 5.26 Å². The van der Waals surface area contributed by atoms with Crippen molar-refractivity contribution in [3.8, 4) is 6.07 Å². The maximum absolute atomic E-state index is 13.5. The number of amides is 1. The molecule has 0 aromatic carbocycles. The number of carbonyl (C=O) groups is 1. The minimum absolute atomic E-state index is 0.0795. The fourth-order valence-corrected chi connectivity index (χ4v) is 3.66. The van der Waals surface area contributed by atoms with Gasteiger partial charge in [-0.2, -0.15) is 5.26 Å². The Kier molecular flexibility index (Phi) is 5.55. The van der Waals surface area contributed by atoms with Crippen molar-refractivity contribution >= 4 is 17.0 Å². The van der Waals surface area contributed by atoms with E-state index in [0.29, 0.717) is 36.7 Å². The molecular formula is C20H25N5O3. The van der Waals surface area contributed by atoms with Gasteiger partial charge in [0.05, 0.1) is 42.3 Å². The summed E-state index contributed by atoms with van der Waals surface area (Å²) < 4.78 is 10.8. The fraction of sp³-hybridized carbons (Fsp3) is 0.600. The topological polar surface area (TPSA) is 95.5 Å². The molecule has 0 radical (unpaired) electrons. The molecule has 2 fully saturated rings. The van der Waals surface area contributed by atoms with Gasteiger partial charge in [0.1, 0.15) is 0 Å². The summed E-state index contributed by atoms with van der Waals surface area (Å²) in [5.74, 6) is 0.280. The van der Waals surface area contributed by atoms with Gasteiger partial charge in [0.25, 0.3) is 11.6 Å². The molecule has 8 heteroatoms. The van der Waals surface area contributed by atoms with E-state index in [1.54, 1.807) is 4.90 Å². The van der Waals surface area contributed by atoms with Gasteiger partial charge in [-0.05, 0) is 25.8 Å². The van der Waals surface area contributed by atoms with E-state index in [0.717, 1.165) is 62.5 Å². The first kappa shape index (κ1) is 18.8. The van der Waals surface area contributed by atoms with E-state index in [2.05, 4.69) is 21.1 Å². The van der Waals surface area contributed by atoms with E-state index in [1.165, 1.54) is 0 Å². The number of ether oxygens (including phenoxy) is 1. The maximum atomic E-state index is 13.5. The monoisotopic (exact) mass is 383 g/mol. The van der Waals surface area contributed by atoms with E-state index in [4.69, 9.17) is 14.5 Å². The minimum atomic E-state index is -0.0795. The van der Waals surface area contributed by atoms with E-state index < -0.39 is 0 Å². The first-order valence-corrected chi connectivity index (χ1v) is 9.90. The van der Waals surface area contributed by atoms with E-state index in [-0.39, 0.29) is 5.91 Å². The molecule has 3 heterocycles. The van der Waals surface area contributed by atoms with Crippen LogP contribution in [-0.2, 0) is 4.74 Å². The first-order chi connectivity index (χ1) is 13.7. The molecule has 2 aromatic rings. The molecule has 1 amide bonds. The zero-order valence-electron chi connectivity index (χ0n) is 16.2. The molecule has 2 aromatic heterocycles.